The van der Waals surface area contributed by atoms with E-state index in [0.717, 1.165) is 26.9 Å². The molecule has 0 amide bonds. The molecule has 5 nitrogen and oxygen atoms in total. The lowest BCUT2D eigenvalue weighted by Gasteiger charge is -2.20. The molecule has 0 aliphatic heterocycles. The molecule has 0 aliphatic carbocycles. The summed E-state index contributed by atoms with van der Waals surface area (Å²) in [6.45, 7) is 2.21. The van der Waals surface area contributed by atoms with E-state index in [1.807, 2.05) is 91.9 Å². The molecule has 36 heavy (non-hydrogen) atoms. The molecule has 0 aliphatic rings. The van der Waals surface area contributed by atoms with E-state index in [4.69, 9.17) is 4.74 Å². The van der Waals surface area contributed by atoms with Crippen molar-refractivity contribution in [2.75, 3.05) is 4.31 Å². The highest BCUT2D eigenvalue weighted by atomic mass is 32.2. The highest BCUT2D eigenvalue weighted by Crippen LogP contribution is 2.34. The minimum atomic E-state index is -3.98. The number of ether oxygens (including phenoxy) is 1. The summed E-state index contributed by atoms with van der Waals surface area (Å²) in [5.41, 5.74) is 3.46. The van der Waals surface area contributed by atoms with E-state index in [2.05, 4.69) is 4.98 Å². The summed E-state index contributed by atoms with van der Waals surface area (Å²) in [6.07, 6.45) is 1.53. The zero-order valence-electron chi connectivity index (χ0n) is 19.6. The lowest BCUT2D eigenvalue weighted by Crippen LogP contribution is -2.26. The average molecular weight is 513 g/mol. The van der Waals surface area contributed by atoms with Gasteiger partial charge in [-0.2, -0.15) is 0 Å². The molecule has 0 spiro atoms. The van der Waals surface area contributed by atoms with E-state index >= 15 is 0 Å². The molecule has 0 unspecified atom stereocenters. The molecule has 180 valence electrons. The summed E-state index contributed by atoms with van der Waals surface area (Å²) in [6, 6.07) is 33.7. The van der Waals surface area contributed by atoms with Crippen LogP contribution in [0.25, 0.3) is 16.0 Å². The summed E-state index contributed by atoms with van der Waals surface area (Å²) < 4.78 is 36.3. The molecule has 1 heterocycles. The van der Waals surface area contributed by atoms with Crippen LogP contribution in [0.1, 0.15) is 16.7 Å². The van der Waals surface area contributed by atoms with Crippen molar-refractivity contribution in [1.29, 1.82) is 0 Å². The van der Waals surface area contributed by atoms with Gasteiger partial charge in [0, 0.05) is 5.56 Å². The second kappa shape index (κ2) is 10.4. The van der Waals surface area contributed by atoms with Gasteiger partial charge in [-0.15, -0.1) is 0 Å². The van der Waals surface area contributed by atoms with E-state index in [0.29, 0.717) is 17.5 Å². The van der Waals surface area contributed by atoms with Crippen LogP contribution >= 0.6 is 11.3 Å². The summed E-state index contributed by atoms with van der Waals surface area (Å²) in [7, 11) is -3.98. The zero-order valence-corrected chi connectivity index (χ0v) is 21.2. The number of rotatable bonds is 8. The second-order valence-electron chi connectivity index (χ2n) is 8.21. The van der Waals surface area contributed by atoms with E-state index in [9.17, 15) is 8.42 Å². The van der Waals surface area contributed by atoms with Gasteiger partial charge in [-0.05, 0) is 36.8 Å². The first-order valence-corrected chi connectivity index (χ1v) is 13.7. The molecule has 5 rings (SSSR count). The quantitative estimate of drug-likeness (QED) is 0.210. The molecule has 0 bridgehead atoms. The average Bonchev–Trinajstić information content (AvgIpc) is 3.34. The number of hydrogen-bond donors (Lipinski definition) is 0. The standard InChI is InChI=1S/C29H24N2O3S2/c1-22-16-18-25(19-17-22)36(32,33)31(29-30-26-14-8-9-15-28(26)35-29)20-27(24-12-6-3-7-13-24)34-21-23-10-4-2-5-11-23/h2-20H,21H2,1H3/b27-20-. The minimum Gasteiger partial charge on any atom is -0.487 e. The molecule has 0 radical (unpaired) electrons. The van der Waals surface area contributed by atoms with Crippen molar-refractivity contribution in [2.24, 2.45) is 0 Å². The number of aromatic nitrogens is 1. The van der Waals surface area contributed by atoms with Crippen LogP contribution in [0.3, 0.4) is 0 Å². The second-order valence-corrected chi connectivity index (χ2v) is 11.0. The van der Waals surface area contributed by atoms with Gasteiger partial charge >= 0.3 is 0 Å². The summed E-state index contributed by atoms with van der Waals surface area (Å²) in [4.78, 5) is 4.83. The highest BCUT2D eigenvalue weighted by molar-refractivity contribution is 7.93. The number of para-hydroxylation sites is 1. The van der Waals surface area contributed by atoms with Crippen LogP contribution in [-0.4, -0.2) is 13.4 Å². The Labute approximate surface area is 215 Å². The summed E-state index contributed by atoms with van der Waals surface area (Å²) >= 11 is 1.32. The number of nitrogens with zero attached hydrogens (tertiary/aromatic N) is 2. The molecule has 4 aromatic carbocycles. The van der Waals surface area contributed by atoms with Crippen molar-refractivity contribution < 1.29 is 13.2 Å². The van der Waals surface area contributed by atoms with Gasteiger partial charge in [0.25, 0.3) is 10.0 Å². The van der Waals surface area contributed by atoms with E-state index < -0.39 is 10.0 Å². The highest BCUT2D eigenvalue weighted by Gasteiger charge is 2.27. The number of benzene rings is 4. The van der Waals surface area contributed by atoms with Crippen LogP contribution < -0.4 is 4.31 Å². The Balaban J connectivity index is 1.64. The number of anilines is 1. The van der Waals surface area contributed by atoms with E-state index in [1.54, 1.807) is 24.3 Å². The molecule has 1 aromatic heterocycles. The molecule has 0 saturated heterocycles. The minimum absolute atomic E-state index is 0.180. The first-order valence-electron chi connectivity index (χ1n) is 11.4. The topological polar surface area (TPSA) is 59.5 Å². The molecular formula is C29H24N2O3S2. The van der Waals surface area contributed by atoms with Crippen molar-refractivity contribution in [1.82, 2.24) is 4.98 Å². The van der Waals surface area contributed by atoms with Gasteiger partial charge in [-0.1, -0.05) is 102 Å². The Morgan fingerprint density at radius 3 is 2.19 bits per heavy atom. The van der Waals surface area contributed by atoms with Crippen LogP contribution in [0.15, 0.2) is 120 Å². The maximum atomic E-state index is 14.0. The third kappa shape index (κ3) is 5.17. The molecule has 0 fully saturated rings. The van der Waals surface area contributed by atoms with Crippen LogP contribution in [0.2, 0.25) is 0 Å². The van der Waals surface area contributed by atoms with Gasteiger partial charge in [-0.3, -0.25) is 0 Å². The number of thiazole rings is 1. The van der Waals surface area contributed by atoms with Crippen molar-refractivity contribution in [3.8, 4) is 0 Å². The normalized spacial score (nSPS) is 12.0. The monoisotopic (exact) mass is 512 g/mol. The Hall–Kier alpha value is -3.94. The van der Waals surface area contributed by atoms with Gasteiger partial charge in [-0.25, -0.2) is 17.7 Å². The third-order valence-electron chi connectivity index (χ3n) is 5.58. The van der Waals surface area contributed by atoms with Gasteiger partial charge in [0.05, 0.1) is 21.3 Å². The Morgan fingerprint density at radius 2 is 1.50 bits per heavy atom. The molecule has 0 saturated carbocycles. The fraction of sp³-hybridized carbons (Fsp3) is 0.0690. The fourth-order valence-corrected chi connectivity index (χ4v) is 6.09. The predicted molar refractivity (Wildman–Crippen MR) is 146 cm³/mol. The Bertz CT molecular complexity index is 1560. The number of hydrogen-bond acceptors (Lipinski definition) is 5. The lowest BCUT2D eigenvalue weighted by atomic mass is 10.2. The SMILES string of the molecule is Cc1ccc(S(=O)(=O)N(/C=C(\OCc2ccccc2)c2ccccc2)c2nc3ccccc3s2)cc1. The number of fused-ring (bicyclic) bond motifs is 1. The molecule has 7 heteroatoms. The molecule has 5 aromatic rings. The smallest absolute Gasteiger partial charge is 0.270 e. The van der Waals surface area contributed by atoms with E-state index in [1.165, 1.54) is 21.8 Å². The van der Waals surface area contributed by atoms with Crippen molar-refractivity contribution in [3.05, 3.63) is 132 Å². The van der Waals surface area contributed by atoms with Crippen LogP contribution in [0.4, 0.5) is 5.13 Å². The van der Waals surface area contributed by atoms with Crippen LogP contribution in [0.5, 0.6) is 0 Å². The zero-order chi connectivity index (χ0) is 25.0. The number of aryl methyl sites for hydroxylation is 1. The van der Waals surface area contributed by atoms with Gasteiger partial charge in [0.15, 0.2) is 0 Å². The fourth-order valence-electron chi connectivity index (χ4n) is 3.64. The van der Waals surface area contributed by atoms with Gasteiger partial charge < -0.3 is 4.74 Å². The maximum Gasteiger partial charge on any atom is 0.270 e. The third-order valence-corrected chi connectivity index (χ3v) is 8.39. The number of sulfonamides is 1. The molecular weight excluding hydrogens is 488 g/mol. The van der Waals surface area contributed by atoms with Crippen molar-refractivity contribution >= 4 is 42.5 Å². The lowest BCUT2D eigenvalue weighted by molar-refractivity contribution is 0.264. The molecule has 0 atom stereocenters. The van der Waals surface area contributed by atoms with Crippen molar-refractivity contribution in [2.45, 2.75) is 18.4 Å². The Kier molecular flexibility index (Phi) is 6.84. The van der Waals surface area contributed by atoms with Gasteiger partial charge in [0.2, 0.25) is 5.13 Å². The maximum absolute atomic E-state index is 14.0. The van der Waals surface area contributed by atoms with Crippen molar-refractivity contribution in [3.63, 3.8) is 0 Å². The summed E-state index contributed by atoms with van der Waals surface area (Å²) in [5.74, 6) is 0.425. The summed E-state index contributed by atoms with van der Waals surface area (Å²) in [5, 5.41) is 0.341. The van der Waals surface area contributed by atoms with Gasteiger partial charge in [0.1, 0.15) is 12.4 Å². The van der Waals surface area contributed by atoms with Crippen LogP contribution in [-0.2, 0) is 21.4 Å². The predicted octanol–water partition coefficient (Wildman–Crippen LogP) is 7.02. The first-order chi connectivity index (χ1) is 17.5. The first kappa shape index (κ1) is 23.8. The van der Waals surface area contributed by atoms with Crippen LogP contribution in [0, 0.1) is 6.92 Å². The Morgan fingerprint density at radius 1 is 0.861 bits per heavy atom. The molecule has 0 N–H and O–H groups in total. The van der Waals surface area contributed by atoms with E-state index in [-0.39, 0.29) is 4.90 Å². The largest absolute Gasteiger partial charge is 0.487 e.